The van der Waals surface area contributed by atoms with Crippen molar-refractivity contribution in [2.45, 2.75) is 36.7 Å². The molecule has 0 bridgehead atoms. The zero-order valence-electron chi connectivity index (χ0n) is 13.0. The van der Waals surface area contributed by atoms with Crippen molar-refractivity contribution in [2.75, 3.05) is 14.2 Å². The molecule has 0 saturated heterocycles. The summed E-state index contributed by atoms with van der Waals surface area (Å²) in [6, 6.07) is 3.97. The van der Waals surface area contributed by atoms with E-state index in [9.17, 15) is 18.0 Å². The van der Waals surface area contributed by atoms with E-state index in [-0.39, 0.29) is 22.0 Å². The van der Waals surface area contributed by atoms with Crippen LogP contribution in [0.25, 0.3) is 0 Å². The number of ketones is 1. The van der Waals surface area contributed by atoms with E-state index in [2.05, 4.69) is 4.72 Å². The standard InChI is InChI=1S/C15H19NO6S/c1-16-23(19,20)14-9-10(7-8-13(14)21-2)15(18)22-12-6-4-3-5-11(12)17/h7-9,12,16H,3-6H2,1-2H3/t12-/m0/s1. The van der Waals surface area contributed by atoms with Crippen molar-refractivity contribution in [1.82, 2.24) is 4.72 Å². The molecule has 8 heteroatoms. The summed E-state index contributed by atoms with van der Waals surface area (Å²) in [6.45, 7) is 0. The Morgan fingerprint density at radius 1 is 1.30 bits per heavy atom. The molecular weight excluding hydrogens is 322 g/mol. The van der Waals surface area contributed by atoms with Crippen LogP contribution in [0.1, 0.15) is 36.0 Å². The number of Topliss-reactive ketones (excluding diaryl/α,β-unsaturated/α-hetero) is 1. The first-order chi connectivity index (χ1) is 10.9. The Morgan fingerprint density at radius 3 is 2.65 bits per heavy atom. The number of benzene rings is 1. The van der Waals surface area contributed by atoms with Gasteiger partial charge in [0.15, 0.2) is 11.9 Å². The average Bonchev–Trinajstić information content (AvgIpc) is 2.56. The molecule has 126 valence electrons. The van der Waals surface area contributed by atoms with Crippen LogP contribution in [0, 0.1) is 0 Å². The number of carbonyl (C=O) groups excluding carboxylic acids is 2. The molecule has 7 nitrogen and oxygen atoms in total. The molecule has 2 rings (SSSR count). The molecule has 1 aromatic carbocycles. The van der Waals surface area contributed by atoms with Crippen molar-refractivity contribution in [3.63, 3.8) is 0 Å². The molecule has 0 aliphatic heterocycles. The number of nitrogens with one attached hydrogen (secondary N) is 1. The number of methoxy groups -OCH3 is 1. The van der Waals surface area contributed by atoms with Gasteiger partial charge in [-0.25, -0.2) is 17.9 Å². The summed E-state index contributed by atoms with van der Waals surface area (Å²) in [5.41, 5.74) is 0.0537. The van der Waals surface area contributed by atoms with E-state index in [0.29, 0.717) is 12.8 Å². The lowest BCUT2D eigenvalue weighted by Gasteiger charge is -2.20. The number of carbonyl (C=O) groups is 2. The quantitative estimate of drug-likeness (QED) is 0.810. The van der Waals surface area contributed by atoms with Gasteiger partial charge in [-0.15, -0.1) is 0 Å². The first-order valence-electron chi connectivity index (χ1n) is 7.24. The van der Waals surface area contributed by atoms with Crippen LogP contribution >= 0.6 is 0 Å². The molecule has 1 N–H and O–H groups in total. The van der Waals surface area contributed by atoms with E-state index in [1.807, 2.05) is 0 Å². The maximum atomic E-state index is 12.2. The second kappa shape index (κ2) is 7.10. The molecule has 0 unspecified atom stereocenters. The first-order valence-corrected chi connectivity index (χ1v) is 8.72. The van der Waals surface area contributed by atoms with E-state index >= 15 is 0 Å². The number of esters is 1. The molecule has 1 saturated carbocycles. The summed E-state index contributed by atoms with van der Waals surface area (Å²) >= 11 is 0. The molecule has 1 fully saturated rings. The molecule has 0 aromatic heterocycles. The highest BCUT2D eigenvalue weighted by Crippen LogP contribution is 2.26. The number of hydrogen-bond donors (Lipinski definition) is 1. The Hall–Kier alpha value is -1.93. The van der Waals surface area contributed by atoms with Gasteiger partial charge in [-0.05, 0) is 44.5 Å². The third kappa shape index (κ3) is 3.89. The summed E-state index contributed by atoms with van der Waals surface area (Å²) in [4.78, 5) is 23.8. The zero-order valence-corrected chi connectivity index (χ0v) is 13.8. The number of ether oxygens (including phenoxy) is 2. The minimum absolute atomic E-state index is 0.0537. The van der Waals surface area contributed by atoms with Crippen LogP contribution in [-0.4, -0.2) is 40.4 Å². The van der Waals surface area contributed by atoms with E-state index in [1.54, 1.807) is 0 Å². The number of rotatable bonds is 5. The number of hydrogen-bond acceptors (Lipinski definition) is 6. The van der Waals surface area contributed by atoms with Crippen molar-refractivity contribution in [2.24, 2.45) is 0 Å². The normalized spacial score (nSPS) is 18.5. The lowest BCUT2D eigenvalue weighted by molar-refractivity contribution is -0.129. The monoisotopic (exact) mass is 341 g/mol. The summed E-state index contributed by atoms with van der Waals surface area (Å²) < 4.78 is 36.4. The predicted molar refractivity (Wildman–Crippen MR) is 81.9 cm³/mol. The van der Waals surface area contributed by atoms with Crippen LogP contribution < -0.4 is 9.46 Å². The largest absolute Gasteiger partial charge is 0.495 e. The van der Waals surface area contributed by atoms with Crippen LogP contribution in [0.2, 0.25) is 0 Å². The molecule has 1 aliphatic carbocycles. The maximum Gasteiger partial charge on any atom is 0.338 e. The van der Waals surface area contributed by atoms with Crippen molar-refractivity contribution in [1.29, 1.82) is 0 Å². The highest BCUT2D eigenvalue weighted by Gasteiger charge is 2.27. The van der Waals surface area contributed by atoms with E-state index < -0.39 is 22.1 Å². The fraction of sp³-hybridized carbons (Fsp3) is 0.467. The third-order valence-corrected chi connectivity index (χ3v) is 5.14. The molecule has 0 spiro atoms. The van der Waals surface area contributed by atoms with Crippen molar-refractivity contribution < 1.29 is 27.5 Å². The second-order valence-corrected chi connectivity index (χ2v) is 7.03. The van der Waals surface area contributed by atoms with Gasteiger partial charge in [0.1, 0.15) is 10.6 Å². The van der Waals surface area contributed by atoms with Gasteiger partial charge in [-0.2, -0.15) is 0 Å². The molecular formula is C15H19NO6S. The van der Waals surface area contributed by atoms with Gasteiger partial charge in [0.25, 0.3) is 0 Å². The topological polar surface area (TPSA) is 98.8 Å². The van der Waals surface area contributed by atoms with Gasteiger partial charge >= 0.3 is 5.97 Å². The van der Waals surface area contributed by atoms with Gasteiger partial charge in [-0.3, -0.25) is 4.79 Å². The lowest BCUT2D eigenvalue weighted by atomic mass is 9.96. The van der Waals surface area contributed by atoms with Crippen LogP contribution in [0.15, 0.2) is 23.1 Å². The lowest BCUT2D eigenvalue weighted by Crippen LogP contribution is -2.30. The van der Waals surface area contributed by atoms with E-state index in [4.69, 9.17) is 9.47 Å². The van der Waals surface area contributed by atoms with E-state index in [1.165, 1.54) is 32.4 Å². The second-order valence-electron chi connectivity index (χ2n) is 5.18. The Kier molecular flexibility index (Phi) is 5.38. The average molecular weight is 341 g/mol. The SMILES string of the molecule is CNS(=O)(=O)c1cc(C(=O)O[C@H]2CCCCC2=O)ccc1OC. The van der Waals surface area contributed by atoms with Gasteiger partial charge in [0.05, 0.1) is 12.7 Å². The summed E-state index contributed by atoms with van der Waals surface area (Å²) in [5.74, 6) is -0.703. The molecule has 1 atom stereocenters. The zero-order chi connectivity index (χ0) is 17.0. The van der Waals surface area contributed by atoms with Gasteiger partial charge in [0, 0.05) is 6.42 Å². The van der Waals surface area contributed by atoms with Gasteiger partial charge in [0.2, 0.25) is 10.0 Å². The molecule has 1 aromatic rings. The Labute approximate surface area is 135 Å². The first kappa shape index (κ1) is 17.4. The highest BCUT2D eigenvalue weighted by molar-refractivity contribution is 7.89. The van der Waals surface area contributed by atoms with Crippen LogP contribution in [0.5, 0.6) is 5.75 Å². The summed E-state index contributed by atoms with van der Waals surface area (Å²) in [5, 5.41) is 0. The van der Waals surface area contributed by atoms with Crippen molar-refractivity contribution in [3.05, 3.63) is 23.8 Å². The summed E-state index contributed by atoms with van der Waals surface area (Å²) in [7, 11) is -1.19. The third-order valence-electron chi connectivity index (χ3n) is 3.71. The molecule has 1 aliphatic rings. The summed E-state index contributed by atoms with van der Waals surface area (Å²) in [6.07, 6.45) is 1.79. The minimum Gasteiger partial charge on any atom is -0.495 e. The predicted octanol–water partition coefficient (Wildman–Crippen LogP) is 1.27. The number of sulfonamides is 1. The van der Waals surface area contributed by atoms with Gasteiger partial charge < -0.3 is 9.47 Å². The Morgan fingerprint density at radius 2 is 2.04 bits per heavy atom. The van der Waals surface area contributed by atoms with Gasteiger partial charge in [-0.1, -0.05) is 0 Å². The molecule has 23 heavy (non-hydrogen) atoms. The van der Waals surface area contributed by atoms with E-state index in [0.717, 1.165) is 12.8 Å². The van der Waals surface area contributed by atoms with Crippen LogP contribution in [0.4, 0.5) is 0 Å². The van der Waals surface area contributed by atoms with Crippen molar-refractivity contribution in [3.8, 4) is 5.75 Å². The fourth-order valence-electron chi connectivity index (χ4n) is 2.40. The van der Waals surface area contributed by atoms with Crippen LogP contribution in [0.3, 0.4) is 0 Å². The molecule has 0 heterocycles. The Bertz CT molecular complexity index is 713. The van der Waals surface area contributed by atoms with Crippen LogP contribution in [-0.2, 0) is 19.6 Å². The maximum absolute atomic E-state index is 12.2. The smallest absolute Gasteiger partial charge is 0.338 e. The molecule has 0 radical (unpaired) electrons. The highest BCUT2D eigenvalue weighted by atomic mass is 32.2. The molecule has 0 amide bonds. The van der Waals surface area contributed by atoms with Crippen molar-refractivity contribution >= 4 is 21.8 Å². The minimum atomic E-state index is -3.79. The Balaban J connectivity index is 2.27. The fourth-order valence-corrected chi connectivity index (χ4v) is 3.31.